The summed E-state index contributed by atoms with van der Waals surface area (Å²) in [6, 6.07) is 18.3. The summed E-state index contributed by atoms with van der Waals surface area (Å²) in [5, 5.41) is 0. The number of nitrogens with zero attached hydrogens (tertiary/aromatic N) is 1. The first-order chi connectivity index (χ1) is 15.7. The van der Waals surface area contributed by atoms with Gasteiger partial charge in [-0.05, 0) is 68.4 Å². The SMILES string of the molecule is O=CPc1cc2c([nH]1)-c1ccc(C#Cc3ccc(-c4cnc(PC=O)[nH]4)cc3)cc1CC2. The molecule has 156 valence electrons. The number of fused-ring (bicyclic) bond motifs is 3. The molecule has 1 aliphatic carbocycles. The predicted molar refractivity (Wildman–Crippen MR) is 133 cm³/mol. The fraction of sp³-hybridized carbons (Fsp3) is 0.0800. The third-order valence-electron chi connectivity index (χ3n) is 5.47. The van der Waals surface area contributed by atoms with Crippen LogP contribution >= 0.6 is 17.2 Å². The van der Waals surface area contributed by atoms with Crippen LogP contribution in [0.2, 0.25) is 0 Å². The van der Waals surface area contributed by atoms with Gasteiger partial charge in [-0.25, -0.2) is 4.98 Å². The molecule has 0 bridgehead atoms. The molecule has 0 aliphatic heterocycles. The molecule has 4 aromatic rings. The Labute approximate surface area is 189 Å². The van der Waals surface area contributed by atoms with Crippen LogP contribution in [-0.4, -0.2) is 27.0 Å². The Hall–Kier alpha value is -3.31. The second kappa shape index (κ2) is 9.05. The molecule has 2 atom stereocenters. The molecule has 2 N–H and O–H groups in total. The van der Waals surface area contributed by atoms with Gasteiger partial charge in [0, 0.05) is 36.4 Å². The number of nitrogens with one attached hydrogen (secondary N) is 2. The minimum Gasteiger partial charge on any atom is -0.354 e. The maximum absolute atomic E-state index is 10.8. The topological polar surface area (TPSA) is 78.6 Å². The molecule has 5 nitrogen and oxygen atoms in total. The van der Waals surface area contributed by atoms with Crippen LogP contribution in [0.15, 0.2) is 54.7 Å². The van der Waals surface area contributed by atoms with Gasteiger partial charge in [0.1, 0.15) is 17.6 Å². The van der Waals surface area contributed by atoms with Gasteiger partial charge in [0.2, 0.25) is 0 Å². The van der Waals surface area contributed by atoms with Crippen molar-refractivity contribution in [2.75, 3.05) is 0 Å². The standard InChI is InChI=1S/C25H19N3O2P2/c29-14-31-23-12-20-9-8-19-11-17(5-10-21(19)24(20)28-23)2-1-16-3-6-18(7-4-16)22-13-26-25(27-22)32-15-30/h3-7,10-15,28,31-32H,8-9H2,(H,26,27). The molecule has 0 fully saturated rings. The molecule has 2 aromatic heterocycles. The smallest absolute Gasteiger partial charge is 0.146 e. The number of hydrogen-bond acceptors (Lipinski definition) is 3. The number of aromatic amines is 2. The van der Waals surface area contributed by atoms with Gasteiger partial charge in [0.05, 0.1) is 11.9 Å². The zero-order valence-corrected chi connectivity index (χ0v) is 19.0. The van der Waals surface area contributed by atoms with Crippen LogP contribution in [-0.2, 0) is 22.4 Å². The lowest BCUT2D eigenvalue weighted by molar-refractivity contribution is 0.569. The minimum atomic E-state index is 0.0420. The Morgan fingerprint density at radius 3 is 2.41 bits per heavy atom. The summed E-state index contributed by atoms with van der Waals surface area (Å²) in [4.78, 5) is 32.3. The molecular weight excluding hydrogens is 436 g/mol. The zero-order chi connectivity index (χ0) is 21.9. The van der Waals surface area contributed by atoms with E-state index in [1.54, 1.807) is 6.20 Å². The Balaban J connectivity index is 1.35. The van der Waals surface area contributed by atoms with E-state index < -0.39 is 0 Å². The normalized spacial score (nSPS) is 12.5. The summed E-state index contributed by atoms with van der Waals surface area (Å²) in [5.41, 5.74) is 10.4. The van der Waals surface area contributed by atoms with Crippen molar-refractivity contribution in [3.8, 4) is 34.4 Å². The largest absolute Gasteiger partial charge is 0.354 e. The van der Waals surface area contributed by atoms with E-state index in [0.29, 0.717) is 5.57 Å². The lowest BCUT2D eigenvalue weighted by Crippen LogP contribution is -2.03. The second-order valence-electron chi connectivity index (χ2n) is 7.45. The van der Waals surface area contributed by atoms with Crippen molar-refractivity contribution >= 4 is 40.2 Å². The maximum Gasteiger partial charge on any atom is 0.146 e. The summed E-state index contributed by atoms with van der Waals surface area (Å²) in [6.45, 7) is 0. The lowest BCUT2D eigenvalue weighted by atomic mass is 9.89. The highest BCUT2D eigenvalue weighted by Crippen LogP contribution is 2.33. The molecule has 0 amide bonds. The van der Waals surface area contributed by atoms with E-state index in [-0.39, 0.29) is 17.2 Å². The number of aryl methyl sites for hydroxylation is 2. The van der Waals surface area contributed by atoms with Gasteiger partial charge in [0.25, 0.3) is 0 Å². The van der Waals surface area contributed by atoms with Gasteiger partial charge in [-0.1, -0.05) is 30.0 Å². The van der Waals surface area contributed by atoms with Crippen LogP contribution in [0.3, 0.4) is 0 Å². The average molecular weight is 455 g/mol. The van der Waals surface area contributed by atoms with Gasteiger partial charge in [-0.15, -0.1) is 0 Å². The highest BCUT2D eigenvalue weighted by molar-refractivity contribution is 7.62. The molecule has 0 spiro atoms. The van der Waals surface area contributed by atoms with Crippen molar-refractivity contribution in [1.82, 2.24) is 15.0 Å². The summed E-state index contributed by atoms with van der Waals surface area (Å²) >= 11 is 0. The van der Waals surface area contributed by atoms with Crippen molar-refractivity contribution in [3.63, 3.8) is 0 Å². The van der Waals surface area contributed by atoms with Gasteiger partial charge < -0.3 is 9.97 Å². The van der Waals surface area contributed by atoms with Crippen molar-refractivity contribution < 1.29 is 9.59 Å². The average Bonchev–Trinajstić information content (AvgIpc) is 3.45. The van der Waals surface area contributed by atoms with E-state index in [1.165, 1.54) is 16.7 Å². The van der Waals surface area contributed by atoms with E-state index in [9.17, 15) is 9.59 Å². The van der Waals surface area contributed by atoms with Crippen molar-refractivity contribution in [3.05, 3.63) is 77.0 Å². The summed E-state index contributed by atoms with van der Waals surface area (Å²) in [7, 11) is 0.212. The van der Waals surface area contributed by atoms with Crippen molar-refractivity contribution in [2.45, 2.75) is 12.8 Å². The number of imidazole rings is 1. The molecule has 32 heavy (non-hydrogen) atoms. The monoisotopic (exact) mass is 455 g/mol. The molecule has 7 heteroatoms. The quantitative estimate of drug-likeness (QED) is 0.275. The second-order valence-corrected chi connectivity index (χ2v) is 9.51. The molecular formula is C25H19N3O2P2. The first-order valence-electron chi connectivity index (χ1n) is 10.2. The number of aromatic nitrogens is 3. The molecule has 2 unspecified atom stereocenters. The Morgan fingerprint density at radius 1 is 0.844 bits per heavy atom. The first kappa shape index (κ1) is 20.6. The Bertz CT molecular complexity index is 1370. The minimum absolute atomic E-state index is 0.0420. The summed E-state index contributed by atoms with van der Waals surface area (Å²) in [5.74, 6) is 6.52. The predicted octanol–water partition coefficient (Wildman–Crippen LogP) is 3.56. The van der Waals surface area contributed by atoms with E-state index in [4.69, 9.17) is 0 Å². The fourth-order valence-electron chi connectivity index (χ4n) is 3.94. The van der Waals surface area contributed by atoms with Gasteiger partial charge in [0.15, 0.2) is 0 Å². The van der Waals surface area contributed by atoms with E-state index >= 15 is 0 Å². The van der Waals surface area contributed by atoms with Crippen molar-refractivity contribution in [1.29, 1.82) is 0 Å². The van der Waals surface area contributed by atoms with E-state index in [0.717, 1.165) is 58.4 Å². The van der Waals surface area contributed by atoms with Crippen LogP contribution in [0, 0.1) is 11.8 Å². The van der Waals surface area contributed by atoms with Gasteiger partial charge in [-0.3, -0.25) is 9.59 Å². The number of rotatable bonds is 5. The van der Waals surface area contributed by atoms with Crippen LogP contribution in [0.25, 0.3) is 22.5 Å². The number of carbonyl (C=O) groups excluding carboxylic acids is 2. The molecule has 0 radical (unpaired) electrons. The number of carbonyl (C=O) groups is 2. The highest BCUT2D eigenvalue weighted by atomic mass is 31.1. The molecule has 2 aromatic carbocycles. The molecule has 0 saturated heterocycles. The third kappa shape index (κ3) is 4.21. The van der Waals surface area contributed by atoms with Crippen LogP contribution in [0.4, 0.5) is 0 Å². The number of hydrogen-bond donors (Lipinski definition) is 2. The van der Waals surface area contributed by atoms with Crippen LogP contribution in [0.1, 0.15) is 22.3 Å². The van der Waals surface area contributed by atoms with Gasteiger partial charge >= 0.3 is 0 Å². The van der Waals surface area contributed by atoms with Gasteiger partial charge in [-0.2, -0.15) is 0 Å². The first-order valence-corrected chi connectivity index (χ1v) is 12.3. The highest BCUT2D eigenvalue weighted by Gasteiger charge is 2.18. The fourth-order valence-corrected chi connectivity index (χ4v) is 4.98. The Kier molecular flexibility index (Phi) is 5.82. The summed E-state index contributed by atoms with van der Waals surface area (Å²) < 4.78 is 0. The molecule has 1 aliphatic rings. The molecule has 0 saturated carbocycles. The third-order valence-corrected chi connectivity index (χ3v) is 6.81. The molecule has 2 heterocycles. The maximum atomic E-state index is 10.8. The molecule has 5 rings (SSSR count). The van der Waals surface area contributed by atoms with E-state index in [1.807, 2.05) is 24.3 Å². The van der Waals surface area contributed by atoms with Crippen LogP contribution < -0.4 is 11.0 Å². The number of H-pyrrole nitrogens is 2. The zero-order valence-electron chi connectivity index (χ0n) is 17.0. The summed E-state index contributed by atoms with van der Waals surface area (Å²) in [6.07, 6.45) is 3.70. The lowest BCUT2D eigenvalue weighted by Gasteiger charge is -2.16. The Morgan fingerprint density at radius 2 is 1.59 bits per heavy atom. The van der Waals surface area contributed by atoms with Crippen molar-refractivity contribution in [2.24, 2.45) is 0 Å². The van der Waals surface area contributed by atoms with E-state index in [2.05, 4.69) is 51.1 Å². The van der Waals surface area contributed by atoms with Crippen LogP contribution in [0.5, 0.6) is 0 Å². The number of benzene rings is 2.